The fourth-order valence-electron chi connectivity index (χ4n) is 2.16. The van der Waals surface area contributed by atoms with E-state index in [0.717, 1.165) is 35.5 Å². The summed E-state index contributed by atoms with van der Waals surface area (Å²) in [5.74, 6) is 0.913. The summed E-state index contributed by atoms with van der Waals surface area (Å²) >= 11 is 3.59. The zero-order chi connectivity index (χ0) is 15.1. The molecule has 112 valence electrons. The van der Waals surface area contributed by atoms with E-state index in [9.17, 15) is 0 Å². The fraction of sp³-hybridized carbons (Fsp3) is 0.353. The van der Waals surface area contributed by atoms with Crippen molar-refractivity contribution in [3.8, 4) is 5.75 Å². The number of aromatic nitrogens is 1. The standard InChI is InChI=1S/C17H21BrN2O/c1-3-12-21-14-9-7-13(8-10-14)16(19-4-2)17-15(18)6-5-11-20-17/h5-11,16,19H,3-4,12H2,1-2H3. The molecule has 1 atom stereocenters. The third-order valence-corrected chi connectivity index (χ3v) is 3.83. The van der Waals surface area contributed by atoms with E-state index in [-0.39, 0.29) is 6.04 Å². The number of rotatable bonds is 7. The van der Waals surface area contributed by atoms with Crippen LogP contribution in [0.15, 0.2) is 47.1 Å². The molecule has 0 radical (unpaired) electrons. The lowest BCUT2D eigenvalue weighted by atomic mass is 10.0. The average Bonchev–Trinajstić information content (AvgIpc) is 2.52. The Morgan fingerprint density at radius 2 is 1.95 bits per heavy atom. The number of hydrogen-bond acceptors (Lipinski definition) is 3. The average molecular weight is 349 g/mol. The zero-order valence-electron chi connectivity index (χ0n) is 12.5. The molecule has 0 aliphatic heterocycles. The predicted octanol–water partition coefficient (Wildman–Crippen LogP) is 4.33. The maximum absolute atomic E-state index is 5.63. The first-order chi connectivity index (χ1) is 10.3. The number of halogens is 1. The molecule has 0 saturated heterocycles. The Morgan fingerprint density at radius 3 is 2.57 bits per heavy atom. The zero-order valence-corrected chi connectivity index (χ0v) is 14.1. The topological polar surface area (TPSA) is 34.1 Å². The number of nitrogens with one attached hydrogen (secondary N) is 1. The van der Waals surface area contributed by atoms with Gasteiger partial charge in [0.1, 0.15) is 5.75 Å². The molecule has 2 rings (SSSR count). The monoisotopic (exact) mass is 348 g/mol. The van der Waals surface area contributed by atoms with Crippen LogP contribution in [0.3, 0.4) is 0 Å². The molecule has 0 aliphatic rings. The molecule has 0 aliphatic carbocycles. The normalized spacial score (nSPS) is 12.1. The van der Waals surface area contributed by atoms with Crippen LogP contribution < -0.4 is 10.1 Å². The highest BCUT2D eigenvalue weighted by Crippen LogP contribution is 2.27. The summed E-state index contributed by atoms with van der Waals surface area (Å²) in [6.45, 7) is 5.83. The van der Waals surface area contributed by atoms with Gasteiger partial charge >= 0.3 is 0 Å². The van der Waals surface area contributed by atoms with Crippen LogP contribution in [0.2, 0.25) is 0 Å². The molecule has 0 fully saturated rings. The molecule has 2 aromatic rings. The maximum Gasteiger partial charge on any atom is 0.119 e. The molecular formula is C17H21BrN2O. The fourth-order valence-corrected chi connectivity index (χ4v) is 2.65. The lowest BCUT2D eigenvalue weighted by molar-refractivity contribution is 0.317. The van der Waals surface area contributed by atoms with E-state index >= 15 is 0 Å². The number of benzene rings is 1. The van der Waals surface area contributed by atoms with Crippen LogP contribution in [-0.2, 0) is 0 Å². The van der Waals surface area contributed by atoms with Crippen molar-refractivity contribution in [2.24, 2.45) is 0 Å². The van der Waals surface area contributed by atoms with Crippen molar-refractivity contribution >= 4 is 15.9 Å². The van der Waals surface area contributed by atoms with Gasteiger partial charge in [0.15, 0.2) is 0 Å². The van der Waals surface area contributed by atoms with Crippen molar-refractivity contribution in [2.45, 2.75) is 26.3 Å². The smallest absolute Gasteiger partial charge is 0.119 e. The molecule has 1 heterocycles. The van der Waals surface area contributed by atoms with Gasteiger partial charge in [-0.25, -0.2) is 0 Å². The van der Waals surface area contributed by atoms with Crippen molar-refractivity contribution in [1.29, 1.82) is 0 Å². The lowest BCUT2D eigenvalue weighted by Crippen LogP contribution is -2.23. The van der Waals surface area contributed by atoms with Gasteiger partial charge in [-0.3, -0.25) is 4.98 Å². The van der Waals surface area contributed by atoms with E-state index in [1.165, 1.54) is 5.56 Å². The Bertz CT molecular complexity index is 557. The summed E-state index contributed by atoms with van der Waals surface area (Å²) in [5, 5.41) is 3.49. The molecule has 21 heavy (non-hydrogen) atoms. The van der Waals surface area contributed by atoms with Gasteiger partial charge in [0, 0.05) is 10.7 Å². The molecular weight excluding hydrogens is 328 g/mol. The van der Waals surface area contributed by atoms with Crippen LogP contribution in [0.1, 0.15) is 37.6 Å². The molecule has 3 nitrogen and oxygen atoms in total. The van der Waals surface area contributed by atoms with E-state index in [4.69, 9.17) is 4.74 Å². The van der Waals surface area contributed by atoms with Gasteiger partial charge in [0.2, 0.25) is 0 Å². The molecule has 0 saturated carbocycles. The van der Waals surface area contributed by atoms with Crippen molar-refractivity contribution in [1.82, 2.24) is 10.3 Å². The first-order valence-electron chi connectivity index (χ1n) is 7.32. The Kier molecular flexibility index (Phi) is 6.21. The van der Waals surface area contributed by atoms with Crippen LogP contribution in [0, 0.1) is 0 Å². The number of nitrogens with zero attached hydrogens (tertiary/aromatic N) is 1. The van der Waals surface area contributed by atoms with E-state index in [1.807, 2.05) is 30.5 Å². The second-order valence-corrected chi connectivity index (χ2v) is 5.63. The molecule has 0 bridgehead atoms. The van der Waals surface area contributed by atoms with E-state index in [0.29, 0.717) is 0 Å². The van der Waals surface area contributed by atoms with E-state index in [1.54, 1.807) is 0 Å². The molecule has 1 N–H and O–H groups in total. The summed E-state index contributed by atoms with van der Waals surface area (Å²) in [6.07, 6.45) is 2.84. The molecule has 0 amide bonds. The Labute approximate surface area is 134 Å². The van der Waals surface area contributed by atoms with Gasteiger partial charge in [0.25, 0.3) is 0 Å². The third kappa shape index (κ3) is 4.29. The van der Waals surface area contributed by atoms with Gasteiger partial charge < -0.3 is 10.1 Å². The summed E-state index contributed by atoms with van der Waals surface area (Å²) in [5.41, 5.74) is 2.18. The van der Waals surface area contributed by atoms with Crippen LogP contribution in [-0.4, -0.2) is 18.1 Å². The molecule has 0 spiro atoms. The van der Waals surface area contributed by atoms with E-state index < -0.39 is 0 Å². The summed E-state index contributed by atoms with van der Waals surface area (Å²) < 4.78 is 6.65. The molecule has 1 aromatic heterocycles. The first-order valence-corrected chi connectivity index (χ1v) is 8.12. The highest BCUT2D eigenvalue weighted by molar-refractivity contribution is 9.10. The minimum absolute atomic E-state index is 0.0748. The van der Waals surface area contributed by atoms with Crippen molar-refractivity contribution in [3.05, 3.63) is 58.3 Å². The summed E-state index contributed by atoms with van der Waals surface area (Å²) in [6, 6.07) is 12.3. The van der Waals surface area contributed by atoms with Gasteiger partial charge in [-0.05, 0) is 58.7 Å². The van der Waals surface area contributed by atoms with Crippen LogP contribution >= 0.6 is 15.9 Å². The number of pyridine rings is 1. The second-order valence-electron chi connectivity index (χ2n) is 4.78. The van der Waals surface area contributed by atoms with Gasteiger partial charge in [-0.2, -0.15) is 0 Å². The van der Waals surface area contributed by atoms with Gasteiger partial charge in [-0.15, -0.1) is 0 Å². The van der Waals surface area contributed by atoms with E-state index in [2.05, 4.69) is 52.2 Å². The number of ether oxygens (including phenoxy) is 1. The number of hydrogen-bond donors (Lipinski definition) is 1. The lowest BCUT2D eigenvalue weighted by Gasteiger charge is -2.19. The minimum Gasteiger partial charge on any atom is -0.494 e. The van der Waals surface area contributed by atoms with Gasteiger partial charge in [0.05, 0.1) is 18.3 Å². The maximum atomic E-state index is 5.63. The van der Waals surface area contributed by atoms with Crippen molar-refractivity contribution in [3.63, 3.8) is 0 Å². The SMILES string of the molecule is CCCOc1ccc(C(NCC)c2ncccc2Br)cc1. The van der Waals surface area contributed by atoms with Crippen LogP contribution in [0.5, 0.6) is 5.75 Å². The third-order valence-electron chi connectivity index (χ3n) is 3.15. The minimum atomic E-state index is 0.0748. The predicted molar refractivity (Wildman–Crippen MR) is 89.7 cm³/mol. The Balaban J connectivity index is 2.24. The molecule has 1 aromatic carbocycles. The largest absolute Gasteiger partial charge is 0.494 e. The van der Waals surface area contributed by atoms with Crippen LogP contribution in [0.25, 0.3) is 0 Å². The Hall–Kier alpha value is -1.39. The van der Waals surface area contributed by atoms with Crippen LogP contribution in [0.4, 0.5) is 0 Å². The summed E-state index contributed by atoms with van der Waals surface area (Å²) in [4.78, 5) is 4.51. The molecule has 1 unspecified atom stereocenters. The first kappa shape index (κ1) is 16.0. The highest BCUT2D eigenvalue weighted by Gasteiger charge is 2.17. The van der Waals surface area contributed by atoms with Crippen molar-refractivity contribution in [2.75, 3.05) is 13.2 Å². The highest BCUT2D eigenvalue weighted by atomic mass is 79.9. The summed E-state index contributed by atoms with van der Waals surface area (Å²) in [7, 11) is 0. The van der Waals surface area contributed by atoms with Crippen molar-refractivity contribution < 1.29 is 4.74 Å². The second kappa shape index (κ2) is 8.15. The molecule has 4 heteroatoms. The van der Waals surface area contributed by atoms with Gasteiger partial charge in [-0.1, -0.05) is 26.0 Å². The quantitative estimate of drug-likeness (QED) is 0.808. The Morgan fingerprint density at radius 1 is 1.19 bits per heavy atom.